The molecular weight excluding hydrogens is 302 g/mol. The van der Waals surface area contributed by atoms with E-state index in [1.54, 1.807) is 0 Å². The topological polar surface area (TPSA) is 79.2 Å². The van der Waals surface area contributed by atoms with Crippen LogP contribution in [0, 0.1) is 11.8 Å². The highest BCUT2D eigenvalue weighted by molar-refractivity contribution is 5.94. The van der Waals surface area contributed by atoms with Crippen molar-refractivity contribution in [2.24, 2.45) is 17.6 Å². The Morgan fingerprint density at radius 3 is 2.68 bits per heavy atom. The molecule has 1 aliphatic heterocycles. The number of nitrogens with two attached hydrogens (primary N) is 1. The van der Waals surface area contributed by atoms with Crippen LogP contribution in [0.25, 0.3) is 0 Å². The van der Waals surface area contributed by atoms with Crippen LogP contribution >= 0.6 is 12.4 Å². The lowest BCUT2D eigenvalue weighted by Crippen LogP contribution is -2.34. The summed E-state index contributed by atoms with van der Waals surface area (Å²) in [7, 11) is 0. The van der Waals surface area contributed by atoms with E-state index in [0.29, 0.717) is 17.4 Å². The third-order valence-corrected chi connectivity index (χ3v) is 4.93. The third-order valence-electron chi connectivity index (χ3n) is 4.93. The molecule has 1 saturated heterocycles. The molecule has 22 heavy (non-hydrogen) atoms. The third kappa shape index (κ3) is 3.06. The predicted octanol–water partition coefficient (Wildman–Crippen LogP) is 1.73. The molecular formula is C16H24ClN3O2. The van der Waals surface area contributed by atoms with Crippen molar-refractivity contribution in [3.8, 4) is 0 Å². The quantitative estimate of drug-likeness (QED) is 0.869. The summed E-state index contributed by atoms with van der Waals surface area (Å²) in [4.78, 5) is 29.0. The van der Waals surface area contributed by atoms with E-state index in [0.717, 1.165) is 31.6 Å². The largest absolute Gasteiger partial charge is 0.338 e. The molecule has 2 heterocycles. The summed E-state index contributed by atoms with van der Waals surface area (Å²) in [6.07, 6.45) is 2.18. The van der Waals surface area contributed by atoms with E-state index < -0.39 is 0 Å². The van der Waals surface area contributed by atoms with Crippen molar-refractivity contribution >= 4 is 18.3 Å². The number of hydrogen-bond donors (Lipinski definition) is 2. The summed E-state index contributed by atoms with van der Waals surface area (Å²) in [5, 5.41) is 0. The number of pyridine rings is 1. The average molecular weight is 326 g/mol. The summed E-state index contributed by atoms with van der Waals surface area (Å²) in [6, 6.07) is 3.43. The molecule has 2 aliphatic rings. The molecule has 0 aromatic carbocycles. The maximum Gasteiger partial charge on any atom is 0.254 e. The van der Waals surface area contributed by atoms with Gasteiger partial charge in [0.2, 0.25) is 5.56 Å². The van der Waals surface area contributed by atoms with E-state index in [4.69, 9.17) is 5.73 Å². The van der Waals surface area contributed by atoms with Gasteiger partial charge in [0, 0.05) is 36.5 Å². The van der Waals surface area contributed by atoms with Crippen LogP contribution in [0.2, 0.25) is 0 Å². The SMILES string of the molecule is CC(C)c1cc(C(=O)N2CC3CCC(N)C3C2)cc(=O)[nH]1.Cl. The maximum absolute atomic E-state index is 12.6. The molecule has 0 bridgehead atoms. The first-order valence-electron chi connectivity index (χ1n) is 7.75. The molecule has 3 N–H and O–H groups in total. The fourth-order valence-corrected chi connectivity index (χ4v) is 3.66. The number of carbonyl (C=O) groups is 1. The Morgan fingerprint density at radius 1 is 1.32 bits per heavy atom. The number of aromatic amines is 1. The monoisotopic (exact) mass is 325 g/mol. The molecule has 3 unspecified atom stereocenters. The van der Waals surface area contributed by atoms with Gasteiger partial charge < -0.3 is 15.6 Å². The number of H-pyrrole nitrogens is 1. The molecule has 1 amide bonds. The predicted molar refractivity (Wildman–Crippen MR) is 88.5 cm³/mol. The van der Waals surface area contributed by atoms with Crippen molar-refractivity contribution in [3.05, 3.63) is 33.7 Å². The van der Waals surface area contributed by atoms with Crippen molar-refractivity contribution in [3.63, 3.8) is 0 Å². The Morgan fingerprint density at radius 2 is 2.05 bits per heavy atom. The van der Waals surface area contributed by atoms with Crippen LogP contribution < -0.4 is 11.3 Å². The van der Waals surface area contributed by atoms with Crippen LogP contribution in [-0.2, 0) is 0 Å². The highest BCUT2D eigenvalue weighted by Gasteiger charge is 2.42. The highest BCUT2D eigenvalue weighted by Crippen LogP contribution is 2.37. The van der Waals surface area contributed by atoms with E-state index in [1.165, 1.54) is 6.07 Å². The normalized spacial score (nSPS) is 26.9. The van der Waals surface area contributed by atoms with Gasteiger partial charge in [0.25, 0.3) is 5.91 Å². The van der Waals surface area contributed by atoms with Crippen LogP contribution in [0.5, 0.6) is 0 Å². The van der Waals surface area contributed by atoms with Gasteiger partial charge in [-0.2, -0.15) is 0 Å². The Hall–Kier alpha value is -1.33. The van der Waals surface area contributed by atoms with Crippen LogP contribution in [0.4, 0.5) is 0 Å². The van der Waals surface area contributed by atoms with Gasteiger partial charge in [-0.1, -0.05) is 13.8 Å². The number of nitrogens with one attached hydrogen (secondary N) is 1. The van der Waals surface area contributed by atoms with E-state index in [-0.39, 0.29) is 35.8 Å². The van der Waals surface area contributed by atoms with Crippen LogP contribution in [0.1, 0.15) is 48.7 Å². The number of halogens is 1. The van der Waals surface area contributed by atoms with E-state index >= 15 is 0 Å². The lowest BCUT2D eigenvalue weighted by Gasteiger charge is -2.19. The lowest BCUT2D eigenvalue weighted by atomic mass is 9.98. The average Bonchev–Trinajstić information content (AvgIpc) is 3.00. The first-order chi connectivity index (χ1) is 9.95. The van der Waals surface area contributed by atoms with Gasteiger partial charge in [0.05, 0.1) is 0 Å². The number of likely N-dealkylation sites (tertiary alicyclic amines) is 1. The van der Waals surface area contributed by atoms with Gasteiger partial charge in [-0.05, 0) is 36.7 Å². The van der Waals surface area contributed by atoms with Crippen molar-refractivity contribution in [1.82, 2.24) is 9.88 Å². The molecule has 1 saturated carbocycles. The molecule has 0 spiro atoms. The number of hydrogen-bond acceptors (Lipinski definition) is 3. The van der Waals surface area contributed by atoms with Gasteiger partial charge in [-0.25, -0.2) is 0 Å². The minimum Gasteiger partial charge on any atom is -0.338 e. The van der Waals surface area contributed by atoms with E-state index in [2.05, 4.69) is 4.98 Å². The van der Waals surface area contributed by atoms with Crippen molar-refractivity contribution in [2.75, 3.05) is 13.1 Å². The summed E-state index contributed by atoms with van der Waals surface area (Å²) in [5.41, 5.74) is 7.21. The second-order valence-corrected chi connectivity index (χ2v) is 6.72. The Bertz CT molecular complexity index is 614. The molecule has 122 valence electrons. The van der Waals surface area contributed by atoms with Crippen LogP contribution in [-0.4, -0.2) is 34.9 Å². The van der Waals surface area contributed by atoms with Gasteiger partial charge in [0.1, 0.15) is 0 Å². The first kappa shape index (κ1) is 17.0. The molecule has 3 atom stereocenters. The lowest BCUT2D eigenvalue weighted by molar-refractivity contribution is 0.0779. The zero-order chi connectivity index (χ0) is 15.1. The molecule has 0 radical (unpaired) electrons. The summed E-state index contributed by atoms with van der Waals surface area (Å²) < 4.78 is 0. The first-order valence-corrected chi connectivity index (χ1v) is 7.75. The van der Waals surface area contributed by atoms with Gasteiger partial charge >= 0.3 is 0 Å². The maximum atomic E-state index is 12.6. The molecule has 2 fully saturated rings. The Labute approximate surface area is 136 Å². The molecule has 5 nitrogen and oxygen atoms in total. The van der Waals surface area contributed by atoms with Gasteiger partial charge in [-0.3, -0.25) is 9.59 Å². The van der Waals surface area contributed by atoms with Crippen molar-refractivity contribution in [2.45, 2.75) is 38.6 Å². The molecule has 1 aliphatic carbocycles. The summed E-state index contributed by atoms with van der Waals surface area (Å²) >= 11 is 0. The fraction of sp³-hybridized carbons (Fsp3) is 0.625. The molecule has 1 aromatic heterocycles. The number of carbonyl (C=O) groups excluding carboxylic acids is 1. The van der Waals surface area contributed by atoms with Crippen LogP contribution in [0.3, 0.4) is 0 Å². The molecule has 3 rings (SSSR count). The van der Waals surface area contributed by atoms with E-state index in [9.17, 15) is 9.59 Å². The zero-order valence-electron chi connectivity index (χ0n) is 13.0. The molecule has 6 heteroatoms. The number of nitrogens with zero attached hydrogens (tertiary/aromatic N) is 1. The Kier molecular flexibility index (Phi) is 4.97. The minimum absolute atomic E-state index is 0. The minimum atomic E-state index is -0.208. The zero-order valence-corrected chi connectivity index (χ0v) is 13.9. The smallest absolute Gasteiger partial charge is 0.254 e. The van der Waals surface area contributed by atoms with Gasteiger partial charge in [-0.15, -0.1) is 12.4 Å². The number of fused-ring (bicyclic) bond motifs is 1. The number of amides is 1. The van der Waals surface area contributed by atoms with Crippen molar-refractivity contribution < 1.29 is 4.79 Å². The fourth-order valence-electron chi connectivity index (χ4n) is 3.66. The van der Waals surface area contributed by atoms with Crippen molar-refractivity contribution in [1.29, 1.82) is 0 Å². The van der Waals surface area contributed by atoms with Gasteiger partial charge in [0.15, 0.2) is 0 Å². The second kappa shape index (κ2) is 6.42. The number of aromatic nitrogens is 1. The Balaban J connectivity index is 0.00000176. The van der Waals surface area contributed by atoms with Crippen LogP contribution in [0.15, 0.2) is 16.9 Å². The summed E-state index contributed by atoms with van der Waals surface area (Å²) in [5.74, 6) is 1.12. The highest BCUT2D eigenvalue weighted by atomic mass is 35.5. The number of rotatable bonds is 2. The van der Waals surface area contributed by atoms with E-state index in [1.807, 2.05) is 24.8 Å². The molecule has 1 aromatic rings. The summed E-state index contributed by atoms with van der Waals surface area (Å²) in [6.45, 7) is 5.51. The second-order valence-electron chi connectivity index (χ2n) is 6.72. The standard InChI is InChI=1S/C16H23N3O2.ClH/c1-9(2)14-5-11(6-15(20)18-14)16(21)19-7-10-3-4-13(17)12(10)8-19;/h5-6,9-10,12-13H,3-4,7-8,17H2,1-2H3,(H,18,20);1H.